The first kappa shape index (κ1) is 14.6. The van der Waals surface area contributed by atoms with Crippen molar-refractivity contribution in [2.75, 3.05) is 7.11 Å². The van der Waals surface area contributed by atoms with Crippen molar-refractivity contribution in [3.8, 4) is 5.75 Å². The summed E-state index contributed by atoms with van der Waals surface area (Å²) in [6, 6.07) is 14.2. The van der Waals surface area contributed by atoms with Crippen molar-refractivity contribution in [3.05, 3.63) is 64.7 Å². The van der Waals surface area contributed by atoms with Gasteiger partial charge in [0.1, 0.15) is 5.75 Å². The second kappa shape index (κ2) is 6.58. The van der Waals surface area contributed by atoms with Gasteiger partial charge in [0.2, 0.25) is 0 Å². The minimum Gasteiger partial charge on any atom is -0.497 e. The van der Waals surface area contributed by atoms with Gasteiger partial charge < -0.3 is 9.84 Å². The molecule has 1 atom stereocenters. The van der Waals surface area contributed by atoms with Gasteiger partial charge in [0.05, 0.1) is 13.2 Å². The molecule has 2 rings (SSSR count). The normalized spacial score (nSPS) is 12.2. The van der Waals surface area contributed by atoms with E-state index < -0.39 is 6.10 Å². The molecule has 2 nitrogen and oxygen atoms in total. The zero-order chi connectivity index (χ0) is 14.5. The van der Waals surface area contributed by atoms with Gasteiger partial charge in [0.15, 0.2) is 0 Å². The Balaban J connectivity index is 2.00. The van der Waals surface area contributed by atoms with Crippen LogP contribution in [0.4, 0.5) is 0 Å². The lowest BCUT2D eigenvalue weighted by molar-refractivity contribution is 0.167. The molecule has 106 valence electrons. The summed E-state index contributed by atoms with van der Waals surface area (Å²) >= 11 is 0. The van der Waals surface area contributed by atoms with Gasteiger partial charge in [-0.1, -0.05) is 35.9 Å². The summed E-state index contributed by atoms with van der Waals surface area (Å²) in [5, 5.41) is 10.4. The summed E-state index contributed by atoms with van der Waals surface area (Å²) in [5.41, 5.74) is 4.60. The molecular weight excluding hydrogens is 248 g/mol. The molecule has 0 saturated carbocycles. The van der Waals surface area contributed by atoms with E-state index >= 15 is 0 Å². The minimum atomic E-state index is -0.406. The van der Waals surface area contributed by atoms with Gasteiger partial charge in [-0.25, -0.2) is 0 Å². The molecule has 1 unspecified atom stereocenters. The summed E-state index contributed by atoms with van der Waals surface area (Å²) in [7, 11) is 1.67. The number of ether oxygens (including phenoxy) is 1. The van der Waals surface area contributed by atoms with Gasteiger partial charge in [-0.05, 0) is 55.5 Å². The Hall–Kier alpha value is -1.80. The zero-order valence-corrected chi connectivity index (χ0v) is 12.4. The second-order valence-corrected chi connectivity index (χ2v) is 5.26. The van der Waals surface area contributed by atoms with Crippen LogP contribution in [-0.2, 0) is 6.42 Å². The lowest BCUT2D eigenvalue weighted by atomic mass is 9.96. The van der Waals surface area contributed by atoms with Crippen molar-refractivity contribution >= 4 is 0 Å². The molecule has 0 heterocycles. The molecule has 1 N–H and O–H groups in total. The van der Waals surface area contributed by atoms with E-state index in [1.807, 2.05) is 19.1 Å². The van der Waals surface area contributed by atoms with E-state index in [2.05, 4.69) is 37.3 Å². The summed E-state index contributed by atoms with van der Waals surface area (Å²) in [6.07, 6.45) is 1.19. The highest BCUT2D eigenvalue weighted by molar-refractivity contribution is 5.32. The number of methoxy groups -OCH3 is 1. The Labute approximate surface area is 121 Å². The number of hydrogen-bond acceptors (Lipinski definition) is 2. The molecule has 0 aliphatic carbocycles. The second-order valence-electron chi connectivity index (χ2n) is 5.26. The monoisotopic (exact) mass is 270 g/mol. The fraction of sp³-hybridized carbons (Fsp3) is 0.333. The molecule has 0 amide bonds. The van der Waals surface area contributed by atoms with Crippen molar-refractivity contribution in [1.29, 1.82) is 0 Å². The molecule has 20 heavy (non-hydrogen) atoms. The standard InChI is InChI=1S/C18H22O2/c1-13-4-5-14(2)17(12-13)18(19)11-8-15-6-9-16(20-3)10-7-15/h4-7,9-10,12,18-19H,8,11H2,1-3H3. The number of aryl methyl sites for hydroxylation is 3. The zero-order valence-electron chi connectivity index (χ0n) is 12.4. The van der Waals surface area contributed by atoms with Crippen LogP contribution >= 0.6 is 0 Å². The van der Waals surface area contributed by atoms with Crippen LogP contribution in [0.5, 0.6) is 5.75 Å². The first-order valence-corrected chi connectivity index (χ1v) is 6.98. The van der Waals surface area contributed by atoms with E-state index in [0.717, 1.165) is 29.7 Å². The van der Waals surface area contributed by atoms with Crippen molar-refractivity contribution in [2.45, 2.75) is 32.8 Å². The smallest absolute Gasteiger partial charge is 0.118 e. The maximum absolute atomic E-state index is 10.4. The number of benzene rings is 2. The van der Waals surface area contributed by atoms with Crippen LogP contribution in [0.2, 0.25) is 0 Å². The molecular formula is C18H22O2. The van der Waals surface area contributed by atoms with Gasteiger partial charge >= 0.3 is 0 Å². The van der Waals surface area contributed by atoms with Crippen LogP contribution in [0.1, 0.15) is 34.8 Å². The number of aliphatic hydroxyl groups is 1. The van der Waals surface area contributed by atoms with E-state index in [1.165, 1.54) is 11.1 Å². The predicted octanol–water partition coefficient (Wildman–Crippen LogP) is 3.98. The van der Waals surface area contributed by atoms with E-state index in [-0.39, 0.29) is 0 Å². The maximum Gasteiger partial charge on any atom is 0.118 e. The first-order valence-electron chi connectivity index (χ1n) is 6.98. The maximum atomic E-state index is 10.4. The molecule has 0 fully saturated rings. The lowest BCUT2D eigenvalue weighted by Gasteiger charge is -2.14. The van der Waals surface area contributed by atoms with Gasteiger partial charge in [-0.2, -0.15) is 0 Å². The summed E-state index contributed by atoms with van der Waals surface area (Å²) in [5.74, 6) is 0.865. The summed E-state index contributed by atoms with van der Waals surface area (Å²) in [6.45, 7) is 4.10. The van der Waals surface area contributed by atoms with Crippen molar-refractivity contribution in [3.63, 3.8) is 0 Å². The fourth-order valence-electron chi connectivity index (χ4n) is 2.37. The predicted molar refractivity (Wildman–Crippen MR) is 82.2 cm³/mol. The number of hydrogen-bond donors (Lipinski definition) is 1. The molecule has 0 aromatic heterocycles. The molecule has 2 heteroatoms. The molecule has 2 aromatic rings. The Kier molecular flexibility index (Phi) is 4.80. The third-order valence-electron chi connectivity index (χ3n) is 3.66. The Morgan fingerprint density at radius 3 is 2.40 bits per heavy atom. The van der Waals surface area contributed by atoms with Crippen LogP contribution < -0.4 is 4.74 Å². The fourth-order valence-corrected chi connectivity index (χ4v) is 2.37. The highest BCUT2D eigenvalue weighted by atomic mass is 16.5. The minimum absolute atomic E-state index is 0.406. The van der Waals surface area contributed by atoms with Crippen LogP contribution in [0.3, 0.4) is 0 Å². The molecule has 2 aromatic carbocycles. The highest BCUT2D eigenvalue weighted by Crippen LogP contribution is 2.24. The Bertz CT molecular complexity index is 558. The van der Waals surface area contributed by atoms with E-state index in [9.17, 15) is 5.11 Å². The van der Waals surface area contributed by atoms with Crippen LogP contribution in [-0.4, -0.2) is 12.2 Å². The Morgan fingerprint density at radius 1 is 1.05 bits per heavy atom. The quantitative estimate of drug-likeness (QED) is 0.890. The third-order valence-corrected chi connectivity index (χ3v) is 3.66. The SMILES string of the molecule is COc1ccc(CCC(O)c2cc(C)ccc2C)cc1. The number of rotatable bonds is 5. The molecule has 0 saturated heterocycles. The van der Waals surface area contributed by atoms with E-state index in [4.69, 9.17) is 4.74 Å². The van der Waals surface area contributed by atoms with Crippen LogP contribution in [0, 0.1) is 13.8 Å². The van der Waals surface area contributed by atoms with E-state index in [0.29, 0.717) is 0 Å². The molecule has 0 bridgehead atoms. The van der Waals surface area contributed by atoms with Gasteiger partial charge in [0, 0.05) is 0 Å². The lowest BCUT2D eigenvalue weighted by Crippen LogP contribution is -2.02. The number of aliphatic hydroxyl groups excluding tert-OH is 1. The summed E-state index contributed by atoms with van der Waals surface area (Å²) in [4.78, 5) is 0. The van der Waals surface area contributed by atoms with Crippen molar-refractivity contribution in [1.82, 2.24) is 0 Å². The molecule has 0 radical (unpaired) electrons. The Morgan fingerprint density at radius 2 is 1.75 bits per heavy atom. The first-order chi connectivity index (χ1) is 9.60. The van der Waals surface area contributed by atoms with Crippen molar-refractivity contribution in [2.24, 2.45) is 0 Å². The van der Waals surface area contributed by atoms with Crippen molar-refractivity contribution < 1.29 is 9.84 Å². The van der Waals surface area contributed by atoms with Crippen LogP contribution in [0.15, 0.2) is 42.5 Å². The molecule has 0 aliphatic heterocycles. The molecule has 0 aliphatic rings. The summed E-state index contributed by atoms with van der Waals surface area (Å²) < 4.78 is 5.14. The largest absolute Gasteiger partial charge is 0.497 e. The highest BCUT2D eigenvalue weighted by Gasteiger charge is 2.10. The van der Waals surface area contributed by atoms with Gasteiger partial charge in [0.25, 0.3) is 0 Å². The third kappa shape index (κ3) is 3.61. The topological polar surface area (TPSA) is 29.5 Å². The molecule has 0 spiro atoms. The van der Waals surface area contributed by atoms with Gasteiger partial charge in [-0.15, -0.1) is 0 Å². The van der Waals surface area contributed by atoms with Crippen LogP contribution in [0.25, 0.3) is 0 Å². The van der Waals surface area contributed by atoms with E-state index in [1.54, 1.807) is 7.11 Å². The van der Waals surface area contributed by atoms with Gasteiger partial charge in [-0.3, -0.25) is 0 Å². The average Bonchev–Trinajstić information content (AvgIpc) is 2.47. The average molecular weight is 270 g/mol.